The quantitative estimate of drug-likeness (QED) is 0.558. The molecule has 3 unspecified atom stereocenters. The van der Waals surface area contributed by atoms with Crippen LogP contribution in [0.1, 0.15) is 47.3 Å². The first-order chi connectivity index (χ1) is 16.3. The lowest BCUT2D eigenvalue weighted by Gasteiger charge is -2.21. The van der Waals surface area contributed by atoms with Crippen molar-refractivity contribution in [1.29, 1.82) is 0 Å². The summed E-state index contributed by atoms with van der Waals surface area (Å²) in [6, 6.07) is 10.8. The molecule has 0 fully saturated rings. The molecular weight excluding hydrogens is 453 g/mol. The molecule has 0 aromatic heterocycles. The van der Waals surface area contributed by atoms with Crippen molar-refractivity contribution >= 4 is 26.5 Å². The van der Waals surface area contributed by atoms with Gasteiger partial charge in [-0.05, 0) is 64.8 Å². The minimum absolute atomic E-state index is 0.0964. The number of ether oxygens (including phenoxy) is 2. The summed E-state index contributed by atoms with van der Waals surface area (Å²) < 4.78 is 11.0. The van der Waals surface area contributed by atoms with Gasteiger partial charge in [-0.25, -0.2) is 5.01 Å². The van der Waals surface area contributed by atoms with Crippen molar-refractivity contribution in [2.24, 2.45) is 11.0 Å². The maximum atomic E-state index is 12.5. The summed E-state index contributed by atoms with van der Waals surface area (Å²) >= 11 is 0. The molecule has 1 aliphatic heterocycles. The van der Waals surface area contributed by atoms with E-state index in [0.29, 0.717) is 42.2 Å². The Morgan fingerprint density at radius 1 is 1.21 bits per heavy atom. The summed E-state index contributed by atoms with van der Waals surface area (Å²) in [5, 5.41) is 18.2. The molecule has 2 aromatic rings. The van der Waals surface area contributed by atoms with Gasteiger partial charge in [-0.3, -0.25) is 9.59 Å². The molecule has 34 heavy (non-hydrogen) atoms. The maximum absolute atomic E-state index is 12.5. The summed E-state index contributed by atoms with van der Waals surface area (Å²) in [5.74, 6) is 1.14. The van der Waals surface area contributed by atoms with Gasteiger partial charge in [0.25, 0.3) is 11.6 Å². The minimum Gasteiger partial charge on any atom is -0.493 e. The van der Waals surface area contributed by atoms with Crippen molar-refractivity contribution in [2.75, 3.05) is 27.4 Å². The molecule has 0 saturated heterocycles. The Morgan fingerprint density at radius 3 is 2.44 bits per heavy atom. The third-order valence-corrected chi connectivity index (χ3v) is 6.15. The van der Waals surface area contributed by atoms with E-state index in [1.807, 2.05) is 38.1 Å². The Bertz CT molecular complexity index is 1070. The molecule has 3 atom stereocenters. The van der Waals surface area contributed by atoms with Gasteiger partial charge in [0, 0.05) is 29.8 Å². The fourth-order valence-electron chi connectivity index (χ4n) is 3.86. The molecule has 2 N–H and O–H groups in total. The normalized spacial score (nSPS) is 16.1. The molecule has 9 heteroatoms. The predicted molar refractivity (Wildman–Crippen MR) is 135 cm³/mol. The zero-order valence-corrected chi connectivity index (χ0v) is 21.2. The number of fused-ring (bicyclic) bond motifs is 1. The molecule has 0 saturated carbocycles. The average molecular weight is 486 g/mol. The highest BCUT2D eigenvalue weighted by molar-refractivity contribution is 7.39. The van der Waals surface area contributed by atoms with Crippen LogP contribution in [0.2, 0.25) is 0 Å². The van der Waals surface area contributed by atoms with Gasteiger partial charge in [0.05, 0.1) is 26.0 Å². The number of nitrogens with one attached hydrogen (secondary N) is 1. The molecule has 1 heterocycles. The number of hydrazone groups is 1. The number of rotatable bonds is 8. The number of hydrogen-bond acceptors (Lipinski definition) is 6. The van der Waals surface area contributed by atoms with E-state index in [1.54, 1.807) is 26.4 Å². The molecule has 0 spiro atoms. The standard InChI is InChI=1S/C25H32N3O5P/c1-15(14-29)9-10-26-24(30)18-7-5-17(6-8-18)23-20-13-22(33-4)21(32-3)12-19(20)11-16(2)28(27-23)25(31)34/h5-8,12-13,15-16,29H,9-11,14,34H2,1-4H3,(H,26,30). The number of benzene rings is 2. The molecule has 0 aliphatic carbocycles. The molecule has 3 rings (SSSR count). The van der Waals surface area contributed by atoms with Crippen LogP contribution in [0.25, 0.3) is 0 Å². The highest BCUT2D eigenvalue weighted by Crippen LogP contribution is 2.35. The topological polar surface area (TPSA) is 100 Å². The van der Waals surface area contributed by atoms with E-state index < -0.39 is 0 Å². The highest BCUT2D eigenvalue weighted by Gasteiger charge is 2.27. The number of aliphatic hydroxyl groups is 1. The molecule has 0 radical (unpaired) electrons. The third kappa shape index (κ3) is 5.75. The summed E-state index contributed by atoms with van der Waals surface area (Å²) in [4.78, 5) is 24.8. The molecule has 1 aliphatic rings. The second-order valence-electron chi connectivity index (χ2n) is 8.46. The minimum atomic E-state index is -0.232. The van der Waals surface area contributed by atoms with Gasteiger partial charge in [-0.15, -0.1) is 0 Å². The molecular formula is C25H32N3O5P. The van der Waals surface area contributed by atoms with Gasteiger partial charge in [-0.1, -0.05) is 19.1 Å². The van der Waals surface area contributed by atoms with Gasteiger partial charge in [-0.2, -0.15) is 5.10 Å². The second-order valence-corrected chi connectivity index (χ2v) is 8.95. The molecule has 2 aromatic carbocycles. The zero-order chi connectivity index (χ0) is 24.8. The fourth-order valence-corrected chi connectivity index (χ4v) is 4.17. The number of nitrogens with zero attached hydrogens (tertiary/aromatic N) is 2. The van der Waals surface area contributed by atoms with Crippen LogP contribution in [0.15, 0.2) is 41.5 Å². The Morgan fingerprint density at radius 2 is 1.85 bits per heavy atom. The maximum Gasteiger partial charge on any atom is 0.257 e. The fraction of sp³-hybridized carbons (Fsp3) is 0.400. The zero-order valence-electron chi connectivity index (χ0n) is 20.0. The summed E-state index contributed by atoms with van der Waals surface area (Å²) in [6.45, 7) is 4.47. The van der Waals surface area contributed by atoms with Crippen molar-refractivity contribution in [3.05, 3.63) is 58.7 Å². The van der Waals surface area contributed by atoms with Gasteiger partial charge in [0.15, 0.2) is 11.5 Å². The largest absolute Gasteiger partial charge is 0.493 e. The van der Waals surface area contributed by atoms with Gasteiger partial charge in [0.2, 0.25) is 0 Å². The van der Waals surface area contributed by atoms with E-state index in [-0.39, 0.29) is 30.1 Å². The number of methoxy groups -OCH3 is 2. The smallest absolute Gasteiger partial charge is 0.257 e. The third-order valence-electron chi connectivity index (χ3n) is 5.89. The number of carbonyl (C=O) groups excluding carboxylic acids is 2. The number of carbonyl (C=O) groups is 2. The van der Waals surface area contributed by atoms with Crippen molar-refractivity contribution < 1.29 is 24.2 Å². The lowest BCUT2D eigenvalue weighted by atomic mass is 9.93. The van der Waals surface area contributed by atoms with Crippen LogP contribution in [0, 0.1) is 5.92 Å². The van der Waals surface area contributed by atoms with Crippen molar-refractivity contribution in [1.82, 2.24) is 10.3 Å². The first kappa shape index (κ1) is 25.7. The van der Waals surface area contributed by atoms with Gasteiger partial charge >= 0.3 is 0 Å². The molecule has 8 nitrogen and oxygen atoms in total. The molecule has 2 amide bonds. The average Bonchev–Trinajstić information content (AvgIpc) is 2.98. The second kappa shape index (κ2) is 11.4. The van der Waals surface area contributed by atoms with Crippen LogP contribution in [0.3, 0.4) is 0 Å². The summed E-state index contributed by atoms with van der Waals surface area (Å²) in [5.41, 5.74) is 3.49. The Kier molecular flexibility index (Phi) is 8.64. The monoisotopic (exact) mass is 485 g/mol. The van der Waals surface area contributed by atoms with E-state index in [1.165, 1.54) is 5.01 Å². The van der Waals surface area contributed by atoms with Crippen molar-refractivity contribution in [3.8, 4) is 11.5 Å². The van der Waals surface area contributed by atoms with Crippen LogP contribution >= 0.6 is 9.24 Å². The van der Waals surface area contributed by atoms with Gasteiger partial charge in [0.1, 0.15) is 0 Å². The van der Waals surface area contributed by atoms with E-state index in [0.717, 1.165) is 16.7 Å². The highest BCUT2D eigenvalue weighted by atomic mass is 31.0. The van der Waals surface area contributed by atoms with E-state index >= 15 is 0 Å². The van der Waals surface area contributed by atoms with Gasteiger partial charge < -0.3 is 19.9 Å². The van der Waals surface area contributed by atoms with E-state index in [2.05, 4.69) is 14.6 Å². The first-order valence-electron chi connectivity index (χ1n) is 11.2. The predicted octanol–water partition coefficient (Wildman–Crippen LogP) is 3.45. The van der Waals surface area contributed by atoms with E-state index in [9.17, 15) is 9.59 Å². The number of aliphatic hydroxyl groups excluding tert-OH is 1. The first-order valence-corrected chi connectivity index (χ1v) is 11.8. The summed E-state index contributed by atoms with van der Waals surface area (Å²) in [7, 11) is 5.35. The van der Waals surface area contributed by atoms with Crippen LogP contribution in [0.5, 0.6) is 11.5 Å². The van der Waals surface area contributed by atoms with E-state index in [4.69, 9.17) is 19.7 Å². The van der Waals surface area contributed by atoms with Crippen LogP contribution < -0.4 is 14.8 Å². The lowest BCUT2D eigenvalue weighted by molar-refractivity contribution is 0.0949. The van der Waals surface area contributed by atoms with Crippen molar-refractivity contribution in [2.45, 2.75) is 32.7 Å². The molecule has 182 valence electrons. The van der Waals surface area contributed by atoms with Crippen LogP contribution in [-0.2, 0) is 6.42 Å². The number of hydrogen-bond donors (Lipinski definition) is 2. The molecule has 0 bridgehead atoms. The summed E-state index contributed by atoms with van der Waals surface area (Å²) in [6.07, 6.45) is 1.30. The Labute approximate surface area is 202 Å². The van der Waals surface area contributed by atoms with Crippen molar-refractivity contribution in [3.63, 3.8) is 0 Å². The Hall–Kier alpha value is -2.96. The SMILES string of the molecule is COc1cc2c(cc1OC)C(c1ccc(C(=O)NCCC(C)CO)cc1)=NN(C(=O)P)C(C)C2. The van der Waals surface area contributed by atoms with Crippen LogP contribution in [0.4, 0.5) is 4.79 Å². The van der Waals surface area contributed by atoms with Crippen LogP contribution in [-0.4, -0.2) is 60.8 Å². The number of amides is 2. The lowest BCUT2D eigenvalue weighted by Crippen LogP contribution is -2.31. The Balaban J connectivity index is 1.97.